The standard InChI is InChI=1S/C13H9.C12H10Si.C8H9NO.2ClH.Zr/c1-3-7-12-10(5-1)9-11-6-2-4-8-13(11)12;1-3-7-11(8-4-1)13-12-9-5-2-6-10-12;1-6-3-2-4-7(5-6)8(9)10;;;/h1-9H;1-10H;2-5H,1H3,(H2,9,10);2*1H;/q-1;;;;;+4/p-3. The molecule has 6 rings (SSSR count). The molecule has 192 valence electrons. The molecule has 0 heterocycles. The molecule has 0 aliphatic heterocycles. The number of halogens is 2. The number of nitrogens with one attached hydrogen (secondary N) is 1. The third kappa shape index (κ3) is 10.3. The van der Waals surface area contributed by atoms with Crippen LogP contribution < -0.4 is 35.2 Å². The van der Waals surface area contributed by atoms with Crippen LogP contribution in [0.2, 0.25) is 0 Å². The van der Waals surface area contributed by atoms with Crippen LogP contribution in [0.1, 0.15) is 15.9 Å². The Labute approximate surface area is 264 Å². The summed E-state index contributed by atoms with van der Waals surface area (Å²) in [5.74, 6) is -0.622. The van der Waals surface area contributed by atoms with Gasteiger partial charge in [0.1, 0.15) is 9.52 Å². The SMILES string of the molecule is Cc1cccc(C([NH-])=O)c1.[Cl-].[Cl-].[Zr+4].c1ccc([Si]c2ccccc2)cc1.c1ccc2c(c1)[cH-]c1ccccc12. The van der Waals surface area contributed by atoms with E-state index in [1.54, 1.807) is 18.2 Å². The molecule has 6 aromatic carbocycles. The fraction of sp³-hybridized carbons (Fsp3) is 0.0303. The molecule has 2 nitrogen and oxygen atoms in total. The van der Waals surface area contributed by atoms with Crippen molar-refractivity contribution < 1.29 is 55.8 Å². The summed E-state index contributed by atoms with van der Waals surface area (Å²) in [4.78, 5) is 10.5. The summed E-state index contributed by atoms with van der Waals surface area (Å²) in [7, 11) is 0.777. The Morgan fingerprint density at radius 1 is 0.615 bits per heavy atom. The molecule has 0 atom stereocenters. The first-order valence-electron chi connectivity index (χ1n) is 11.8. The topological polar surface area (TPSA) is 40.9 Å². The van der Waals surface area contributed by atoms with E-state index in [0.29, 0.717) is 5.56 Å². The first kappa shape index (κ1) is 34.1. The Bertz CT molecular complexity index is 1470. The first-order valence-corrected chi connectivity index (χ1v) is 12.8. The first-order chi connectivity index (χ1) is 17.6. The van der Waals surface area contributed by atoms with Gasteiger partial charge in [-0.05, 0) is 12.5 Å². The van der Waals surface area contributed by atoms with Gasteiger partial charge in [-0.1, -0.05) is 137 Å². The van der Waals surface area contributed by atoms with Crippen LogP contribution in [0.15, 0.2) is 140 Å². The van der Waals surface area contributed by atoms with Gasteiger partial charge in [0, 0.05) is 0 Å². The van der Waals surface area contributed by atoms with Gasteiger partial charge in [-0.2, -0.15) is 0 Å². The second-order valence-electron chi connectivity index (χ2n) is 8.37. The van der Waals surface area contributed by atoms with Crippen LogP contribution in [-0.2, 0) is 26.2 Å². The molecule has 0 aliphatic carbocycles. The van der Waals surface area contributed by atoms with Gasteiger partial charge in [0.05, 0.1) is 5.91 Å². The summed E-state index contributed by atoms with van der Waals surface area (Å²) in [5.41, 5.74) is 8.25. The molecule has 0 bridgehead atoms. The normalized spacial score (nSPS) is 9.36. The molecule has 39 heavy (non-hydrogen) atoms. The van der Waals surface area contributed by atoms with Crippen LogP contribution in [0.3, 0.4) is 0 Å². The number of carbonyl (C=O) groups is 1. The maximum Gasteiger partial charge on any atom is 4.00 e. The minimum Gasteiger partial charge on any atom is -1.00 e. The minimum absolute atomic E-state index is 0. The van der Waals surface area contributed by atoms with Crippen molar-refractivity contribution in [2.75, 3.05) is 0 Å². The quantitative estimate of drug-likeness (QED) is 0.212. The van der Waals surface area contributed by atoms with E-state index in [1.165, 1.54) is 31.9 Å². The van der Waals surface area contributed by atoms with Crippen molar-refractivity contribution in [3.05, 3.63) is 156 Å². The average molecular weight is 644 g/mol. The maximum absolute atomic E-state index is 10.5. The predicted molar refractivity (Wildman–Crippen MR) is 155 cm³/mol. The summed E-state index contributed by atoms with van der Waals surface area (Å²) < 4.78 is 0. The van der Waals surface area contributed by atoms with Gasteiger partial charge in [0.15, 0.2) is 0 Å². The van der Waals surface area contributed by atoms with E-state index in [9.17, 15) is 4.79 Å². The molecule has 6 heteroatoms. The van der Waals surface area contributed by atoms with Gasteiger partial charge < -0.3 is 35.3 Å². The van der Waals surface area contributed by atoms with E-state index in [-0.39, 0.29) is 51.0 Å². The summed E-state index contributed by atoms with van der Waals surface area (Å²) in [6, 6.07) is 47.4. The molecule has 0 saturated heterocycles. The fourth-order valence-corrected chi connectivity index (χ4v) is 4.95. The zero-order chi connectivity index (χ0) is 25.2. The molecule has 2 radical (unpaired) electrons. The molecule has 1 amide bonds. The number of hydrogen-bond acceptors (Lipinski definition) is 1. The molecule has 0 aromatic heterocycles. The number of carbonyl (C=O) groups excluding carboxylic acids is 1. The molecule has 0 unspecified atom stereocenters. The number of fused-ring (bicyclic) bond motifs is 3. The van der Waals surface area contributed by atoms with E-state index in [2.05, 4.69) is 115 Å². The maximum atomic E-state index is 10.5. The second kappa shape index (κ2) is 17.7. The summed E-state index contributed by atoms with van der Waals surface area (Å²) in [6.07, 6.45) is 0. The number of aryl methyl sites for hydroxylation is 1. The van der Waals surface area contributed by atoms with E-state index < -0.39 is 5.91 Å². The second-order valence-corrected chi connectivity index (χ2v) is 9.78. The van der Waals surface area contributed by atoms with Crippen molar-refractivity contribution in [2.45, 2.75) is 6.92 Å². The van der Waals surface area contributed by atoms with Crippen molar-refractivity contribution in [2.24, 2.45) is 0 Å². The summed E-state index contributed by atoms with van der Waals surface area (Å²) in [5, 5.41) is 8.19. The molecular weight excluding hydrogens is 617 g/mol. The van der Waals surface area contributed by atoms with Gasteiger partial charge in [0.25, 0.3) is 0 Å². The van der Waals surface area contributed by atoms with Gasteiger partial charge in [-0.3, -0.25) is 0 Å². The molecule has 0 aliphatic rings. The Morgan fingerprint density at radius 2 is 1.05 bits per heavy atom. The zero-order valence-electron chi connectivity index (χ0n) is 21.4. The van der Waals surface area contributed by atoms with Crippen molar-refractivity contribution in [3.8, 4) is 0 Å². The van der Waals surface area contributed by atoms with Crippen LogP contribution in [0.25, 0.3) is 27.3 Å². The van der Waals surface area contributed by atoms with Crippen LogP contribution in [-0.4, -0.2) is 15.4 Å². The number of rotatable bonds is 3. The Kier molecular flexibility index (Phi) is 15.5. The molecular formula is C33H27Cl2NOSiZr. The number of hydrogen-bond donors (Lipinski definition) is 0. The molecule has 1 N–H and O–H groups in total. The third-order valence-corrected chi connectivity index (χ3v) is 6.88. The van der Waals surface area contributed by atoms with Gasteiger partial charge >= 0.3 is 26.2 Å². The van der Waals surface area contributed by atoms with Crippen molar-refractivity contribution in [1.29, 1.82) is 0 Å². The Balaban J connectivity index is 0.000000285. The van der Waals surface area contributed by atoms with Crippen LogP contribution in [0.5, 0.6) is 0 Å². The molecule has 0 spiro atoms. The third-order valence-electron chi connectivity index (χ3n) is 5.64. The van der Waals surface area contributed by atoms with E-state index in [0.717, 1.165) is 15.1 Å². The van der Waals surface area contributed by atoms with Gasteiger partial charge in [-0.25, -0.2) is 0 Å². The van der Waals surface area contributed by atoms with Gasteiger partial charge in [0.2, 0.25) is 0 Å². The van der Waals surface area contributed by atoms with Crippen molar-refractivity contribution in [1.82, 2.24) is 0 Å². The molecule has 0 fully saturated rings. The van der Waals surface area contributed by atoms with Crippen molar-refractivity contribution in [3.63, 3.8) is 0 Å². The Hall–Kier alpha value is -2.88. The minimum atomic E-state index is -0.622. The monoisotopic (exact) mass is 641 g/mol. The zero-order valence-corrected chi connectivity index (χ0v) is 26.4. The Morgan fingerprint density at radius 3 is 1.46 bits per heavy atom. The predicted octanol–water partition coefficient (Wildman–Crippen LogP) is 1.25. The van der Waals surface area contributed by atoms with Gasteiger partial charge in [-0.15, -0.1) is 39.7 Å². The van der Waals surface area contributed by atoms with E-state index in [1.807, 2.05) is 13.0 Å². The summed E-state index contributed by atoms with van der Waals surface area (Å²) >= 11 is 0. The molecule has 6 aromatic rings. The van der Waals surface area contributed by atoms with Crippen LogP contribution >= 0.6 is 0 Å². The van der Waals surface area contributed by atoms with Crippen molar-refractivity contribution >= 4 is 47.3 Å². The van der Waals surface area contributed by atoms with Crippen LogP contribution in [0, 0.1) is 6.92 Å². The fourth-order valence-electron chi connectivity index (χ4n) is 3.90. The van der Waals surface area contributed by atoms with E-state index >= 15 is 0 Å². The van der Waals surface area contributed by atoms with Crippen LogP contribution in [0.4, 0.5) is 0 Å². The molecule has 0 saturated carbocycles. The van der Waals surface area contributed by atoms with E-state index in [4.69, 9.17) is 5.73 Å². The largest absolute Gasteiger partial charge is 4.00 e. The number of amides is 1. The smallest absolute Gasteiger partial charge is 1.00 e. The summed E-state index contributed by atoms with van der Waals surface area (Å²) in [6.45, 7) is 1.90. The average Bonchev–Trinajstić information content (AvgIpc) is 3.29. The number of benzene rings is 5.